The lowest BCUT2D eigenvalue weighted by molar-refractivity contribution is -0.0543. The van der Waals surface area contributed by atoms with Crippen molar-refractivity contribution >= 4 is 21.6 Å². The van der Waals surface area contributed by atoms with E-state index in [0.717, 1.165) is 11.8 Å². The molecular weight excluding hydrogens is 448 g/mol. The van der Waals surface area contributed by atoms with Crippen molar-refractivity contribution in [2.75, 3.05) is 25.0 Å². The number of hydrogen-bond donors (Lipinski definition) is 0. The third-order valence-electron chi connectivity index (χ3n) is 8.32. The van der Waals surface area contributed by atoms with Crippen molar-refractivity contribution in [3.63, 3.8) is 0 Å². The van der Waals surface area contributed by atoms with E-state index in [2.05, 4.69) is 11.8 Å². The number of sulfonamides is 1. The number of anilines is 1. The van der Waals surface area contributed by atoms with E-state index in [0.29, 0.717) is 41.4 Å². The molecule has 182 valence electrons. The molecule has 0 radical (unpaired) electrons. The van der Waals surface area contributed by atoms with Gasteiger partial charge in [0, 0.05) is 25.2 Å². The van der Waals surface area contributed by atoms with Crippen molar-refractivity contribution in [3.8, 4) is 5.75 Å². The van der Waals surface area contributed by atoms with Gasteiger partial charge in [0.25, 0.3) is 15.9 Å². The molecule has 4 fully saturated rings. The van der Waals surface area contributed by atoms with Crippen LogP contribution < -0.4 is 9.04 Å². The number of ether oxygens (including phenoxy) is 1. The Bertz CT molecular complexity index is 1130. The summed E-state index contributed by atoms with van der Waals surface area (Å²) in [5.74, 6) is 3.45. The van der Waals surface area contributed by atoms with Crippen LogP contribution in [-0.2, 0) is 10.0 Å². The van der Waals surface area contributed by atoms with Gasteiger partial charge in [-0.3, -0.25) is 9.10 Å². The monoisotopic (exact) mass is 482 g/mol. The number of rotatable bonds is 7. The molecule has 34 heavy (non-hydrogen) atoms. The molecule has 2 aromatic carbocycles. The minimum atomic E-state index is -3.80. The largest absolute Gasteiger partial charge is 0.495 e. The maximum atomic E-state index is 13.5. The summed E-state index contributed by atoms with van der Waals surface area (Å²) < 4.78 is 33.1. The zero-order valence-electron chi connectivity index (χ0n) is 20.2. The molecule has 0 unspecified atom stereocenters. The first-order chi connectivity index (χ1) is 16.3. The number of amides is 1. The molecule has 0 saturated heterocycles. The molecule has 0 N–H and O–H groups in total. The fourth-order valence-electron chi connectivity index (χ4n) is 7.01. The molecule has 0 atom stereocenters. The van der Waals surface area contributed by atoms with Gasteiger partial charge in [0.2, 0.25) is 0 Å². The first-order valence-corrected chi connectivity index (χ1v) is 13.8. The number of para-hydroxylation sites is 2. The topological polar surface area (TPSA) is 66.9 Å². The Balaban J connectivity index is 1.36. The van der Waals surface area contributed by atoms with E-state index >= 15 is 0 Å². The van der Waals surface area contributed by atoms with Crippen molar-refractivity contribution in [3.05, 3.63) is 54.1 Å². The molecule has 4 saturated carbocycles. The summed E-state index contributed by atoms with van der Waals surface area (Å²) in [6, 6.07) is 13.7. The van der Waals surface area contributed by atoms with Crippen LogP contribution in [0.1, 0.15) is 49.4 Å². The predicted molar refractivity (Wildman–Crippen MR) is 133 cm³/mol. The molecule has 6 nitrogen and oxygen atoms in total. The van der Waals surface area contributed by atoms with Crippen molar-refractivity contribution in [2.45, 2.75) is 50.0 Å². The van der Waals surface area contributed by atoms with Crippen molar-refractivity contribution in [1.82, 2.24) is 4.90 Å². The molecule has 0 spiro atoms. The van der Waals surface area contributed by atoms with Gasteiger partial charge in [-0.2, -0.15) is 0 Å². The fraction of sp³-hybridized carbons (Fsp3) is 0.519. The molecule has 0 aromatic heterocycles. The molecule has 0 heterocycles. The van der Waals surface area contributed by atoms with Gasteiger partial charge in [0.05, 0.1) is 17.7 Å². The highest BCUT2D eigenvalue weighted by Gasteiger charge is 2.50. The van der Waals surface area contributed by atoms with Crippen molar-refractivity contribution in [2.24, 2.45) is 23.7 Å². The van der Waals surface area contributed by atoms with Gasteiger partial charge < -0.3 is 9.64 Å². The molecule has 4 bridgehead atoms. The Morgan fingerprint density at radius 2 is 1.53 bits per heavy atom. The van der Waals surface area contributed by atoms with E-state index in [1.807, 2.05) is 0 Å². The van der Waals surface area contributed by atoms with Crippen LogP contribution in [0.5, 0.6) is 5.75 Å². The molecule has 2 aromatic rings. The molecule has 6 rings (SSSR count). The number of carbonyl (C=O) groups is 1. The average Bonchev–Trinajstić information content (AvgIpc) is 2.85. The summed E-state index contributed by atoms with van der Waals surface area (Å²) in [6.45, 7) is 2.74. The van der Waals surface area contributed by atoms with E-state index in [-0.39, 0.29) is 10.8 Å². The molecular formula is C27H34N2O4S. The van der Waals surface area contributed by atoms with E-state index in [1.165, 1.54) is 50.6 Å². The van der Waals surface area contributed by atoms with Crippen LogP contribution >= 0.6 is 0 Å². The number of nitrogens with zero attached hydrogens (tertiary/aromatic N) is 2. The Morgan fingerprint density at radius 1 is 0.941 bits per heavy atom. The molecule has 4 aliphatic rings. The summed E-state index contributed by atoms with van der Waals surface area (Å²) in [5.41, 5.74) is 1.01. The van der Waals surface area contributed by atoms with E-state index < -0.39 is 10.0 Å². The Labute approximate surface area is 203 Å². The second-order valence-corrected chi connectivity index (χ2v) is 12.2. The van der Waals surface area contributed by atoms with Crippen LogP contribution in [0, 0.1) is 23.7 Å². The number of carbonyl (C=O) groups excluding carboxylic acids is 1. The summed E-state index contributed by atoms with van der Waals surface area (Å²) >= 11 is 0. The maximum Gasteiger partial charge on any atom is 0.264 e. The Hall–Kier alpha value is -2.54. The zero-order valence-corrected chi connectivity index (χ0v) is 21.0. The third kappa shape index (κ3) is 3.88. The third-order valence-corrected chi connectivity index (χ3v) is 10.1. The lowest BCUT2D eigenvalue weighted by atomic mass is 9.54. The lowest BCUT2D eigenvalue weighted by Crippen LogP contribution is -2.57. The molecule has 0 aliphatic heterocycles. The smallest absolute Gasteiger partial charge is 0.264 e. The summed E-state index contributed by atoms with van der Waals surface area (Å²) in [7, 11) is -0.771. The predicted octanol–water partition coefficient (Wildman–Crippen LogP) is 4.81. The van der Waals surface area contributed by atoms with Gasteiger partial charge in [0.1, 0.15) is 5.75 Å². The van der Waals surface area contributed by atoms with Crippen LogP contribution in [0.25, 0.3) is 0 Å². The average molecular weight is 483 g/mol. The van der Waals surface area contributed by atoms with Crippen LogP contribution in [0.15, 0.2) is 53.4 Å². The van der Waals surface area contributed by atoms with Gasteiger partial charge in [-0.15, -0.1) is 0 Å². The minimum Gasteiger partial charge on any atom is -0.495 e. The fourth-order valence-corrected chi connectivity index (χ4v) is 8.21. The standard InChI is InChI=1S/C27H34N2O4S/c1-4-29(26-21-14-18-13-19(16-21)17-22(26)15-18)27(30)20-9-11-23(12-10-20)34(31,32)28(2)24-7-5-6-8-25(24)33-3/h5-12,18-19,21-22,26H,4,13-17H2,1-3H3. The van der Waals surface area contributed by atoms with E-state index in [4.69, 9.17) is 4.74 Å². The van der Waals surface area contributed by atoms with Crippen molar-refractivity contribution in [1.29, 1.82) is 0 Å². The van der Waals surface area contributed by atoms with Crippen LogP contribution in [0.4, 0.5) is 5.69 Å². The van der Waals surface area contributed by atoms with Crippen LogP contribution in [-0.4, -0.2) is 46.0 Å². The molecule has 1 amide bonds. The molecule has 4 aliphatic carbocycles. The minimum absolute atomic E-state index is 0.0157. The number of methoxy groups -OCH3 is 1. The SMILES string of the molecule is CCN(C(=O)c1ccc(S(=O)(=O)N(C)c2ccccc2OC)cc1)C1C2CC3CC(C2)CC1C3. The summed E-state index contributed by atoms with van der Waals surface area (Å²) in [4.78, 5) is 15.8. The van der Waals surface area contributed by atoms with Crippen LogP contribution in [0.2, 0.25) is 0 Å². The van der Waals surface area contributed by atoms with Gasteiger partial charge in [-0.05, 0) is 99.1 Å². The summed E-state index contributed by atoms with van der Waals surface area (Å²) in [6.07, 6.45) is 6.42. The number of hydrogen-bond acceptors (Lipinski definition) is 4. The van der Waals surface area contributed by atoms with Gasteiger partial charge in [0.15, 0.2) is 0 Å². The maximum absolute atomic E-state index is 13.5. The Kier molecular flexibility index (Phi) is 6.09. The second-order valence-electron chi connectivity index (χ2n) is 10.2. The highest BCUT2D eigenvalue weighted by Crippen LogP contribution is 2.55. The first-order valence-electron chi connectivity index (χ1n) is 12.4. The van der Waals surface area contributed by atoms with E-state index in [1.54, 1.807) is 48.5 Å². The highest BCUT2D eigenvalue weighted by atomic mass is 32.2. The molecule has 7 heteroatoms. The van der Waals surface area contributed by atoms with Gasteiger partial charge >= 0.3 is 0 Å². The number of benzene rings is 2. The highest BCUT2D eigenvalue weighted by molar-refractivity contribution is 7.92. The summed E-state index contributed by atoms with van der Waals surface area (Å²) in [5, 5.41) is 0. The quantitative estimate of drug-likeness (QED) is 0.568. The normalized spacial score (nSPS) is 27.4. The lowest BCUT2D eigenvalue weighted by Gasteiger charge is -2.57. The zero-order chi connectivity index (χ0) is 24.0. The van der Waals surface area contributed by atoms with E-state index in [9.17, 15) is 13.2 Å². The van der Waals surface area contributed by atoms with Gasteiger partial charge in [-0.25, -0.2) is 8.42 Å². The van der Waals surface area contributed by atoms with Crippen molar-refractivity contribution < 1.29 is 17.9 Å². The van der Waals surface area contributed by atoms with Crippen LogP contribution in [0.3, 0.4) is 0 Å². The Morgan fingerprint density at radius 3 is 2.09 bits per heavy atom. The second kappa shape index (κ2) is 8.91. The first kappa shape index (κ1) is 23.2. The van der Waals surface area contributed by atoms with Gasteiger partial charge in [-0.1, -0.05) is 12.1 Å².